The summed E-state index contributed by atoms with van der Waals surface area (Å²) in [6.07, 6.45) is 6.31. The molecule has 0 fully saturated rings. The Morgan fingerprint density at radius 1 is 1.23 bits per heavy atom. The van der Waals surface area contributed by atoms with Gasteiger partial charge in [-0.2, -0.15) is 5.10 Å². The van der Waals surface area contributed by atoms with Crippen molar-refractivity contribution in [1.82, 2.24) is 15.2 Å². The maximum absolute atomic E-state index is 4.10. The van der Waals surface area contributed by atoms with Crippen LogP contribution in [0.1, 0.15) is 12.6 Å². The third-order valence-corrected chi connectivity index (χ3v) is 1.49. The van der Waals surface area contributed by atoms with E-state index in [2.05, 4.69) is 22.1 Å². The molecular weight excluding hydrogens is 162 g/mol. The van der Waals surface area contributed by atoms with E-state index in [-0.39, 0.29) is 0 Å². The van der Waals surface area contributed by atoms with Gasteiger partial charge in [-0.1, -0.05) is 13.0 Å². The van der Waals surface area contributed by atoms with Gasteiger partial charge < -0.3 is 0 Å². The van der Waals surface area contributed by atoms with E-state index in [4.69, 9.17) is 0 Å². The molecule has 0 aliphatic rings. The molecule has 0 aromatic carbocycles. The molecule has 0 unspecified atom stereocenters. The Hall–Kier alpha value is -1.64. The highest BCUT2D eigenvalue weighted by atomic mass is 15.1. The fraction of sp³-hybridized carbons (Fsp3) is 0.200. The number of hydrogen-bond donors (Lipinski definition) is 1. The van der Waals surface area contributed by atoms with Gasteiger partial charge in [0.2, 0.25) is 0 Å². The van der Waals surface area contributed by atoms with Crippen molar-refractivity contribution in [3.05, 3.63) is 48.5 Å². The first kappa shape index (κ1) is 9.45. The Kier molecular flexibility index (Phi) is 4.32. The number of nitrogens with zero attached hydrogens (tertiary/aromatic N) is 2. The van der Waals surface area contributed by atoms with Gasteiger partial charge in [0, 0.05) is 24.3 Å². The van der Waals surface area contributed by atoms with Crippen LogP contribution in [0.2, 0.25) is 0 Å². The summed E-state index contributed by atoms with van der Waals surface area (Å²) < 4.78 is 0. The Morgan fingerprint density at radius 2 is 2.15 bits per heavy atom. The van der Waals surface area contributed by atoms with Crippen molar-refractivity contribution in [1.29, 1.82) is 0 Å². The molecule has 3 nitrogen and oxygen atoms in total. The molecule has 0 atom stereocenters. The lowest BCUT2D eigenvalue weighted by atomic mass is 10.3. The fourth-order valence-corrected chi connectivity index (χ4v) is 0.822. The standard InChI is InChI=1S/C7H9N.C3H4N2/c1-2-7-5-3-4-6-8-7;1-2-4-5-3-1/h3-6H,2H2,1H3;1-3H,(H,4,5). The molecule has 0 aliphatic heterocycles. The van der Waals surface area contributed by atoms with Crippen LogP contribution in [0, 0.1) is 0 Å². The summed E-state index contributed by atoms with van der Waals surface area (Å²) >= 11 is 0. The third kappa shape index (κ3) is 4.06. The van der Waals surface area contributed by atoms with Crippen LogP contribution in [0.3, 0.4) is 0 Å². The van der Waals surface area contributed by atoms with E-state index in [1.54, 1.807) is 12.4 Å². The van der Waals surface area contributed by atoms with Gasteiger partial charge in [0.25, 0.3) is 0 Å². The molecule has 2 heterocycles. The molecule has 0 amide bonds. The summed E-state index contributed by atoms with van der Waals surface area (Å²) in [4.78, 5) is 4.10. The topological polar surface area (TPSA) is 41.6 Å². The Balaban J connectivity index is 0.000000145. The molecular formula is C10H13N3. The summed E-state index contributed by atoms with van der Waals surface area (Å²) in [5, 5.41) is 6.21. The van der Waals surface area contributed by atoms with Crippen LogP contribution < -0.4 is 0 Å². The first-order valence-corrected chi connectivity index (χ1v) is 4.27. The normalized spacial score (nSPS) is 8.69. The first-order chi connectivity index (χ1) is 6.43. The van der Waals surface area contributed by atoms with Crippen molar-refractivity contribution in [3.63, 3.8) is 0 Å². The lowest BCUT2D eigenvalue weighted by Gasteiger charge is -1.88. The van der Waals surface area contributed by atoms with Gasteiger partial charge >= 0.3 is 0 Å². The largest absolute Gasteiger partial charge is 0.286 e. The van der Waals surface area contributed by atoms with Crippen LogP contribution >= 0.6 is 0 Å². The van der Waals surface area contributed by atoms with Crippen LogP contribution in [-0.2, 0) is 6.42 Å². The quantitative estimate of drug-likeness (QED) is 0.720. The predicted octanol–water partition coefficient (Wildman–Crippen LogP) is 2.05. The highest BCUT2D eigenvalue weighted by Crippen LogP contribution is 1.91. The number of H-pyrrole nitrogens is 1. The number of aryl methyl sites for hydroxylation is 1. The second kappa shape index (κ2) is 5.94. The highest BCUT2D eigenvalue weighted by Gasteiger charge is 1.81. The second-order valence-electron chi connectivity index (χ2n) is 2.44. The maximum Gasteiger partial charge on any atom is 0.0487 e. The van der Waals surface area contributed by atoms with Crippen LogP contribution in [-0.4, -0.2) is 15.2 Å². The number of hydrogen-bond acceptors (Lipinski definition) is 2. The zero-order valence-electron chi connectivity index (χ0n) is 7.64. The molecule has 2 aromatic rings. The van der Waals surface area contributed by atoms with Crippen LogP contribution in [0.4, 0.5) is 0 Å². The fourth-order valence-electron chi connectivity index (χ4n) is 0.822. The molecule has 2 rings (SSSR count). The summed E-state index contributed by atoms with van der Waals surface area (Å²) in [6, 6.07) is 7.80. The lowest BCUT2D eigenvalue weighted by Crippen LogP contribution is -1.81. The molecule has 13 heavy (non-hydrogen) atoms. The number of aromatic amines is 1. The Labute approximate surface area is 77.8 Å². The first-order valence-electron chi connectivity index (χ1n) is 4.27. The maximum atomic E-state index is 4.10. The van der Waals surface area contributed by atoms with Gasteiger partial charge in [-0.25, -0.2) is 0 Å². The molecule has 0 saturated carbocycles. The van der Waals surface area contributed by atoms with E-state index >= 15 is 0 Å². The molecule has 0 spiro atoms. The highest BCUT2D eigenvalue weighted by molar-refractivity contribution is 5.02. The molecule has 0 saturated heterocycles. The monoisotopic (exact) mass is 175 g/mol. The van der Waals surface area contributed by atoms with E-state index in [0.717, 1.165) is 12.1 Å². The van der Waals surface area contributed by atoms with E-state index in [9.17, 15) is 0 Å². The Bertz CT molecular complexity index is 272. The van der Waals surface area contributed by atoms with Crippen molar-refractivity contribution in [2.24, 2.45) is 0 Å². The van der Waals surface area contributed by atoms with Crippen molar-refractivity contribution >= 4 is 0 Å². The SMILES string of the molecule is CCc1ccccn1.c1cn[nH]c1. The van der Waals surface area contributed by atoms with Crippen molar-refractivity contribution in [3.8, 4) is 0 Å². The van der Waals surface area contributed by atoms with Gasteiger partial charge in [-0.3, -0.25) is 10.1 Å². The van der Waals surface area contributed by atoms with Crippen LogP contribution in [0.5, 0.6) is 0 Å². The molecule has 0 aliphatic carbocycles. The van der Waals surface area contributed by atoms with Gasteiger partial charge in [-0.05, 0) is 24.6 Å². The number of rotatable bonds is 1. The zero-order valence-corrected chi connectivity index (χ0v) is 7.64. The number of nitrogens with one attached hydrogen (secondary N) is 1. The predicted molar refractivity (Wildman–Crippen MR) is 52.2 cm³/mol. The van der Waals surface area contributed by atoms with Crippen LogP contribution in [0.15, 0.2) is 42.9 Å². The number of pyridine rings is 1. The van der Waals surface area contributed by atoms with Crippen molar-refractivity contribution in [2.45, 2.75) is 13.3 Å². The van der Waals surface area contributed by atoms with Gasteiger partial charge in [-0.15, -0.1) is 0 Å². The van der Waals surface area contributed by atoms with Gasteiger partial charge in [0.1, 0.15) is 0 Å². The lowest BCUT2D eigenvalue weighted by molar-refractivity contribution is 1.04. The van der Waals surface area contributed by atoms with Gasteiger partial charge in [0.15, 0.2) is 0 Å². The van der Waals surface area contributed by atoms with Gasteiger partial charge in [0.05, 0.1) is 0 Å². The van der Waals surface area contributed by atoms with E-state index in [0.29, 0.717) is 0 Å². The molecule has 3 heteroatoms. The van der Waals surface area contributed by atoms with Crippen molar-refractivity contribution < 1.29 is 0 Å². The average molecular weight is 175 g/mol. The molecule has 0 radical (unpaired) electrons. The molecule has 2 aromatic heterocycles. The minimum absolute atomic E-state index is 1.03. The summed E-state index contributed by atoms with van der Waals surface area (Å²) in [5.41, 5.74) is 1.16. The summed E-state index contributed by atoms with van der Waals surface area (Å²) in [6.45, 7) is 2.10. The number of aromatic nitrogens is 3. The van der Waals surface area contributed by atoms with E-state index < -0.39 is 0 Å². The minimum atomic E-state index is 1.03. The third-order valence-electron chi connectivity index (χ3n) is 1.49. The van der Waals surface area contributed by atoms with E-state index in [1.807, 2.05) is 30.5 Å². The second-order valence-corrected chi connectivity index (χ2v) is 2.44. The van der Waals surface area contributed by atoms with E-state index in [1.165, 1.54) is 0 Å². The smallest absolute Gasteiger partial charge is 0.0487 e. The Morgan fingerprint density at radius 3 is 2.46 bits per heavy atom. The zero-order chi connectivity index (χ0) is 9.36. The molecule has 68 valence electrons. The van der Waals surface area contributed by atoms with Crippen LogP contribution in [0.25, 0.3) is 0 Å². The average Bonchev–Trinajstić information content (AvgIpc) is 2.77. The minimum Gasteiger partial charge on any atom is -0.286 e. The molecule has 0 bridgehead atoms. The van der Waals surface area contributed by atoms with Crippen molar-refractivity contribution in [2.75, 3.05) is 0 Å². The summed E-state index contributed by atoms with van der Waals surface area (Å²) in [7, 11) is 0. The summed E-state index contributed by atoms with van der Waals surface area (Å²) in [5.74, 6) is 0. The molecule has 1 N–H and O–H groups in total.